The Balaban J connectivity index is 1.76. The summed E-state index contributed by atoms with van der Waals surface area (Å²) in [7, 11) is -1.26. The standard InChI is InChI=1S/C22H27N3Si/c1-26(2,3)18-20(25-22-17-11-10-16-21(22)23-24-25)15-9-5-8-14-19-12-6-4-7-13-19/h4,6-8,10-17H,5,9,18H2,1-3H3/b14-8+,20-15-. The van der Waals surface area contributed by atoms with E-state index >= 15 is 0 Å². The van der Waals surface area contributed by atoms with Crippen LogP contribution >= 0.6 is 0 Å². The summed E-state index contributed by atoms with van der Waals surface area (Å²) < 4.78 is 2.04. The third kappa shape index (κ3) is 5.02. The van der Waals surface area contributed by atoms with Crippen LogP contribution in [0.2, 0.25) is 25.7 Å². The van der Waals surface area contributed by atoms with Gasteiger partial charge in [0.25, 0.3) is 0 Å². The summed E-state index contributed by atoms with van der Waals surface area (Å²) in [6.45, 7) is 7.19. The van der Waals surface area contributed by atoms with Gasteiger partial charge in [-0.3, -0.25) is 0 Å². The maximum absolute atomic E-state index is 4.43. The van der Waals surface area contributed by atoms with E-state index in [1.54, 1.807) is 0 Å². The number of allylic oxidation sites excluding steroid dienone is 3. The second kappa shape index (κ2) is 8.28. The lowest BCUT2D eigenvalue weighted by molar-refractivity contribution is 0.827. The maximum atomic E-state index is 4.43. The number of rotatable bonds is 7. The minimum Gasteiger partial charge on any atom is -0.218 e. The van der Waals surface area contributed by atoms with Gasteiger partial charge < -0.3 is 0 Å². The molecule has 0 saturated carbocycles. The van der Waals surface area contributed by atoms with Crippen LogP contribution in [0, 0.1) is 0 Å². The molecule has 1 aromatic heterocycles. The Morgan fingerprint density at radius 3 is 2.46 bits per heavy atom. The van der Waals surface area contributed by atoms with Crippen LogP contribution in [0.4, 0.5) is 0 Å². The molecular formula is C22H27N3Si. The molecule has 0 aliphatic heterocycles. The van der Waals surface area contributed by atoms with Gasteiger partial charge in [0, 0.05) is 5.70 Å². The monoisotopic (exact) mass is 361 g/mol. The van der Waals surface area contributed by atoms with Gasteiger partial charge in [0.1, 0.15) is 5.52 Å². The molecule has 0 amide bonds. The van der Waals surface area contributed by atoms with Crippen LogP contribution in [0.5, 0.6) is 0 Å². The molecule has 0 N–H and O–H groups in total. The zero-order valence-corrected chi connectivity index (χ0v) is 16.9. The van der Waals surface area contributed by atoms with Crippen molar-refractivity contribution in [3.63, 3.8) is 0 Å². The highest BCUT2D eigenvalue weighted by atomic mass is 28.3. The first kappa shape index (κ1) is 18.3. The quantitative estimate of drug-likeness (QED) is 0.376. The molecule has 0 bridgehead atoms. The average molecular weight is 362 g/mol. The highest BCUT2D eigenvalue weighted by Crippen LogP contribution is 2.24. The van der Waals surface area contributed by atoms with Crippen molar-refractivity contribution in [2.24, 2.45) is 0 Å². The summed E-state index contributed by atoms with van der Waals surface area (Å²) >= 11 is 0. The summed E-state index contributed by atoms with van der Waals surface area (Å²) in [5.41, 5.74) is 4.59. The first-order valence-electron chi connectivity index (χ1n) is 9.24. The zero-order chi connectivity index (χ0) is 18.4. The second-order valence-electron chi connectivity index (χ2n) is 7.81. The Bertz CT molecular complexity index is 902. The molecule has 2 aromatic carbocycles. The SMILES string of the molecule is C[Si](C)(C)C/C(=C/CC/C=C/c1ccccc1)n1nnc2ccccc21. The van der Waals surface area contributed by atoms with Crippen molar-refractivity contribution in [2.45, 2.75) is 38.5 Å². The fraction of sp³-hybridized carbons (Fsp3) is 0.273. The lowest BCUT2D eigenvalue weighted by Crippen LogP contribution is -2.21. The highest BCUT2D eigenvalue weighted by Gasteiger charge is 2.18. The lowest BCUT2D eigenvalue weighted by atomic mass is 10.2. The van der Waals surface area contributed by atoms with E-state index in [2.05, 4.69) is 84.6 Å². The molecule has 0 saturated heterocycles. The van der Waals surface area contributed by atoms with Gasteiger partial charge in [-0.15, -0.1) is 5.10 Å². The molecule has 0 radical (unpaired) electrons. The predicted molar refractivity (Wildman–Crippen MR) is 115 cm³/mol. The molecule has 134 valence electrons. The molecule has 0 unspecified atom stereocenters. The molecule has 3 aromatic rings. The molecular weight excluding hydrogens is 334 g/mol. The van der Waals surface area contributed by atoms with E-state index in [0.29, 0.717) is 0 Å². The Labute approximate surface area is 157 Å². The fourth-order valence-electron chi connectivity index (χ4n) is 2.99. The van der Waals surface area contributed by atoms with Crippen LogP contribution in [0.15, 0.2) is 66.7 Å². The summed E-state index contributed by atoms with van der Waals surface area (Å²) in [4.78, 5) is 0. The first-order valence-corrected chi connectivity index (χ1v) is 13.0. The predicted octanol–water partition coefficient (Wildman–Crippen LogP) is 6.10. The largest absolute Gasteiger partial charge is 0.218 e. The maximum Gasteiger partial charge on any atom is 0.113 e. The lowest BCUT2D eigenvalue weighted by Gasteiger charge is -2.18. The van der Waals surface area contributed by atoms with Gasteiger partial charge in [-0.2, -0.15) is 0 Å². The van der Waals surface area contributed by atoms with Crippen molar-refractivity contribution >= 4 is 30.9 Å². The number of benzene rings is 2. The number of hydrogen-bond acceptors (Lipinski definition) is 2. The van der Waals surface area contributed by atoms with Crippen molar-refractivity contribution in [1.82, 2.24) is 15.0 Å². The summed E-state index contributed by atoms with van der Waals surface area (Å²) in [5.74, 6) is 0. The molecule has 3 rings (SSSR count). The molecule has 0 aliphatic carbocycles. The van der Waals surface area contributed by atoms with E-state index in [0.717, 1.165) is 29.9 Å². The molecule has 3 nitrogen and oxygen atoms in total. The van der Waals surface area contributed by atoms with Gasteiger partial charge in [-0.1, -0.05) is 85.5 Å². The van der Waals surface area contributed by atoms with Crippen LogP contribution < -0.4 is 0 Å². The van der Waals surface area contributed by atoms with E-state index in [9.17, 15) is 0 Å². The average Bonchev–Trinajstić information content (AvgIpc) is 3.04. The number of hydrogen-bond donors (Lipinski definition) is 0. The van der Waals surface area contributed by atoms with Crippen LogP contribution in [0.1, 0.15) is 18.4 Å². The van der Waals surface area contributed by atoms with E-state index in [1.165, 1.54) is 11.3 Å². The number of para-hydroxylation sites is 1. The number of fused-ring (bicyclic) bond motifs is 1. The van der Waals surface area contributed by atoms with E-state index in [-0.39, 0.29) is 0 Å². The Morgan fingerprint density at radius 1 is 0.962 bits per heavy atom. The molecule has 1 heterocycles. The van der Waals surface area contributed by atoms with Gasteiger partial charge in [0.2, 0.25) is 0 Å². The molecule has 0 aliphatic rings. The summed E-state index contributed by atoms with van der Waals surface area (Å²) in [6.07, 6.45) is 8.82. The zero-order valence-electron chi connectivity index (χ0n) is 15.9. The summed E-state index contributed by atoms with van der Waals surface area (Å²) in [5, 5.41) is 8.76. The Morgan fingerprint density at radius 2 is 1.69 bits per heavy atom. The number of unbranched alkanes of at least 4 members (excludes halogenated alkanes) is 1. The third-order valence-electron chi connectivity index (χ3n) is 4.16. The highest BCUT2D eigenvalue weighted by molar-refractivity contribution is 6.77. The topological polar surface area (TPSA) is 30.7 Å². The third-order valence-corrected chi connectivity index (χ3v) is 5.58. The minimum absolute atomic E-state index is 0.956. The molecule has 0 atom stereocenters. The van der Waals surface area contributed by atoms with Crippen LogP contribution in [0.25, 0.3) is 22.8 Å². The first-order chi connectivity index (χ1) is 12.5. The normalized spacial score (nSPS) is 13.0. The molecule has 0 fully saturated rings. The van der Waals surface area contributed by atoms with Crippen LogP contribution in [-0.2, 0) is 0 Å². The van der Waals surface area contributed by atoms with Gasteiger partial charge in [0.15, 0.2) is 0 Å². The van der Waals surface area contributed by atoms with Gasteiger partial charge in [-0.05, 0) is 36.6 Å². The minimum atomic E-state index is -1.26. The van der Waals surface area contributed by atoms with Gasteiger partial charge >= 0.3 is 0 Å². The van der Waals surface area contributed by atoms with E-state index in [1.807, 2.05) is 22.9 Å². The smallest absolute Gasteiger partial charge is 0.113 e. The van der Waals surface area contributed by atoms with Crippen molar-refractivity contribution in [3.8, 4) is 0 Å². The number of aromatic nitrogens is 3. The van der Waals surface area contributed by atoms with Crippen molar-refractivity contribution in [3.05, 3.63) is 72.3 Å². The van der Waals surface area contributed by atoms with Crippen molar-refractivity contribution in [2.75, 3.05) is 0 Å². The number of nitrogens with zero attached hydrogens (tertiary/aromatic N) is 3. The van der Waals surface area contributed by atoms with Gasteiger partial charge in [-0.25, -0.2) is 4.68 Å². The Hall–Kier alpha value is -2.46. The van der Waals surface area contributed by atoms with Crippen LogP contribution in [0.3, 0.4) is 0 Å². The van der Waals surface area contributed by atoms with Crippen molar-refractivity contribution in [1.29, 1.82) is 0 Å². The Kier molecular flexibility index (Phi) is 5.84. The molecule has 0 spiro atoms. The molecule has 4 heteroatoms. The second-order valence-corrected chi connectivity index (χ2v) is 13.3. The summed E-state index contributed by atoms with van der Waals surface area (Å²) in [6, 6.07) is 19.7. The van der Waals surface area contributed by atoms with Crippen molar-refractivity contribution < 1.29 is 0 Å². The fourth-order valence-corrected chi connectivity index (χ4v) is 4.37. The van der Waals surface area contributed by atoms with Crippen LogP contribution in [-0.4, -0.2) is 23.1 Å². The van der Waals surface area contributed by atoms with Gasteiger partial charge in [0.05, 0.1) is 13.6 Å². The molecule has 26 heavy (non-hydrogen) atoms. The van der Waals surface area contributed by atoms with E-state index in [4.69, 9.17) is 0 Å². The van der Waals surface area contributed by atoms with E-state index < -0.39 is 8.07 Å².